The Kier molecular flexibility index (Phi) is 3.80. The van der Waals surface area contributed by atoms with Crippen LogP contribution in [0.15, 0.2) is 54.1 Å². The van der Waals surface area contributed by atoms with Gasteiger partial charge in [0.1, 0.15) is 5.75 Å². The van der Waals surface area contributed by atoms with E-state index in [4.69, 9.17) is 16.3 Å². The summed E-state index contributed by atoms with van der Waals surface area (Å²) < 4.78 is 47.4. The van der Waals surface area contributed by atoms with E-state index in [2.05, 4.69) is 0 Å². The number of benzene rings is 2. The second-order valence-corrected chi connectivity index (χ2v) is 5.63. The van der Waals surface area contributed by atoms with Gasteiger partial charge >= 0.3 is 12.1 Å². The Labute approximate surface area is 139 Å². The number of fused-ring (bicyclic) bond motifs is 1. The first-order valence-corrected chi connectivity index (χ1v) is 7.20. The van der Waals surface area contributed by atoms with E-state index in [0.29, 0.717) is 0 Å². The van der Waals surface area contributed by atoms with Crippen LogP contribution in [0.1, 0.15) is 11.1 Å². The van der Waals surface area contributed by atoms with E-state index in [1.54, 1.807) is 6.07 Å². The van der Waals surface area contributed by atoms with Gasteiger partial charge in [-0.2, -0.15) is 13.2 Å². The second-order valence-electron chi connectivity index (χ2n) is 5.19. The number of carboxylic acid groups (broad SMARTS) is 1. The number of ether oxygens (including phenoxy) is 1. The summed E-state index contributed by atoms with van der Waals surface area (Å²) >= 11 is 5.81. The lowest BCUT2D eigenvalue weighted by Gasteiger charge is -2.39. The molecule has 1 aliphatic rings. The van der Waals surface area contributed by atoms with Gasteiger partial charge in [0.05, 0.1) is 5.57 Å². The van der Waals surface area contributed by atoms with Crippen LogP contribution in [0.3, 0.4) is 0 Å². The number of alkyl halides is 3. The number of hydrogen-bond acceptors (Lipinski definition) is 2. The fraction of sp³-hybridized carbons (Fsp3) is 0.118. The minimum absolute atomic E-state index is 0.0447. The largest absolute Gasteiger partial charge is 0.478 e. The van der Waals surface area contributed by atoms with Gasteiger partial charge in [0.15, 0.2) is 0 Å². The third-order valence-corrected chi connectivity index (χ3v) is 3.96. The Bertz CT molecular complexity index is 845. The third-order valence-electron chi connectivity index (χ3n) is 3.72. The molecule has 124 valence electrons. The Morgan fingerprint density at radius 1 is 1.12 bits per heavy atom. The smallest absolute Gasteiger partial charge is 0.437 e. The van der Waals surface area contributed by atoms with Crippen LogP contribution in [0.4, 0.5) is 13.2 Å². The molecular weight excluding hydrogens is 345 g/mol. The van der Waals surface area contributed by atoms with Crippen LogP contribution in [0.5, 0.6) is 5.75 Å². The summed E-state index contributed by atoms with van der Waals surface area (Å²) in [5.41, 5.74) is -4.20. The quantitative estimate of drug-likeness (QED) is 0.853. The zero-order valence-electron chi connectivity index (χ0n) is 12.0. The normalized spacial score (nSPS) is 19.9. The van der Waals surface area contributed by atoms with Gasteiger partial charge in [0, 0.05) is 16.1 Å². The minimum atomic E-state index is -5.02. The first-order chi connectivity index (χ1) is 11.3. The van der Waals surface area contributed by atoms with Crippen LogP contribution in [0.25, 0.3) is 6.08 Å². The SMILES string of the molecule is O=C(O)C1=Cc2ccccc2OC1(c1cccc(Cl)c1)C(F)(F)F. The van der Waals surface area contributed by atoms with E-state index < -0.39 is 28.9 Å². The topological polar surface area (TPSA) is 46.5 Å². The zero-order valence-corrected chi connectivity index (χ0v) is 12.7. The zero-order chi connectivity index (χ0) is 17.5. The molecule has 1 atom stereocenters. The average Bonchev–Trinajstić information content (AvgIpc) is 2.52. The molecule has 0 saturated carbocycles. The van der Waals surface area contributed by atoms with Crippen molar-refractivity contribution in [1.29, 1.82) is 0 Å². The van der Waals surface area contributed by atoms with Crippen molar-refractivity contribution in [3.05, 3.63) is 70.3 Å². The molecule has 0 saturated heterocycles. The molecule has 24 heavy (non-hydrogen) atoms. The van der Waals surface area contributed by atoms with Gasteiger partial charge in [-0.05, 0) is 24.3 Å². The predicted octanol–water partition coefficient (Wildman–Crippen LogP) is 4.66. The molecule has 0 spiro atoms. The standard InChI is InChI=1S/C17H10ClF3O3/c18-12-6-3-5-11(9-12)16(17(19,20)21)13(15(22)23)8-10-4-1-2-7-14(10)24-16/h1-9H,(H,22,23). The number of halogens is 4. The molecule has 0 aromatic heterocycles. The van der Waals surface area contributed by atoms with Gasteiger partial charge in [-0.3, -0.25) is 0 Å². The van der Waals surface area contributed by atoms with Gasteiger partial charge in [-0.25, -0.2) is 4.79 Å². The molecule has 2 aromatic rings. The lowest BCUT2D eigenvalue weighted by molar-refractivity contribution is -0.240. The Hall–Kier alpha value is -2.47. The van der Waals surface area contributed by atoms with Crippen LogP contribution in [-0.4, -0.2) is 17.3 Å². The monoisotopic (exact) mass is 354 g/mol. The van der Waals surface area contributed by atoms with Crippen molar-refractivity contribution in [2.75, 3.05) is 0 Å². The fourth-order valence-electron chi connectivity index (χ4n) is 2.68. The van der Waals surface area contributed by atoms with Gasteiger partial charge in [-0.1, -0.05) is 41.9 Å². The first kappa shape index (κ1) is 16.4. The maximum atomic E-state index is 14.0. The molecule has 0 aliphatic carbocycles. The summed E-state index contributed by atoms with van der Waals surface area (Å²) in [7, 11) is 0. The van der Waals surface area contributed by atoms with Gasteiger partial charge < -0.3 is 9.84 Å². The predicted molar refractivity (Wildman–Crippen MR) is 81.9 cm³/mol. The molecule has 1 heterocycles. The Morgan fingerprint density at radius 3 is 2.46 bits per heavy atom. The average molecular weight is 355 g/mol. The summed E-state index contributed by atoms with van der Waals surface area (Å²) in [6.07, 6.45) is -4.04. The number of aliphatic carboxylic acids is 1. The van der Waals surface area contributed by atoms with E-state index in [9.17, 15) is 23.1 Å². The Balaban J connectivity index is 2.35. The van der Waals surface area contributed by atoms with E-state index in [0.717, 1.165) is 18.2 Å². The molecule has 2 aromatic carbocycles. The molecule has 7 heteroatoms. The molecule has 3 rings (SSSR count). The highest BCUT2D eigenvalue weighted by Gasteiger charge is 2.64. The van der Waals surface area contributed by atoms with E-state index in [1.807, 2.05) is 0 Å². The number of para-hydroxylation sites is 1. The van der Waals surface area contributed by atoms with Crippen molar-refractivity contribution < 1.29 is 27.8 Å². The van der Waals surface area contributed by atoms with Crippen molar-refractivity contribution in [1.82, 2.24) is 0 Å². The molecule has 1 N–H and O–H groups in total. The highest BCUT2D eigenvalue weighted by molar-refractivity contribution is 6.30. The molecule has 0 fully saturated rings. The van der Waals surface area contributed by atoms with Crippen LogP contribution in [-0.2, 0) is 10.4 Å². The molecular formula is C17H10ClF3O3. The molecule has 1 unspecified atom stereocenters. The van der Waals surface area contributed by atoms with Crippen LogP contribution >= 0.6 is 11.6 Å². The van der Waals surface area contributed by atoms with E-state index >= 15 is 0 Å². The number of carboxylic acids is 1. The van der Waals surface area contributed by atoms with Crippen LogP contribution < -0.4 is 4.74 Å². The molecule has 0 bridgehead atoms. The summed E-state index contributed by atoms with van der Waals surface area (Å²) in [5.74, 6) is -1.78. The Morgan fingerprint density at radius 2 is 1.83 bits per heavy atom. The van der Waals surface area contributed by atoms with Gasteiger partial charge in [-0.15, -0.1) is 0 Å². The maximum Gasteiger partial charge on any atom is 0.437 e. The summed E-state index contributed by atoms with van der Waals surface area (Å²) in [4.78, 5) is 11.6. The third kappa shape index (κ3) is 2.43. The summed E-state index contributed by atoms with van der Waals surface area (Å²) in [6, 6.07) is 10.8. The van der Waals surface area contributed by atoms with Gasteiger partial charge in [0.25, 0.3) is 5.60 Å². The van der Waals surface area contributed by atoms with Crippen molar-refractivity contribution in [2.24, 2.45) is 0 Å². The fourth-order valence-corrected chi connectivity index (χ4v) is 2.87. The molecule has 1 aliphatic heterocycles. The van der Waals surface area contributed by atoms with Crippen molar-refractivity contribution >= 4 is 23.6 Å². The number of carbonyl (C=O) groups is 1. The van der Waals surface area contributed by atoms with Crippen LogP contribution in [0, 0.1) is 0 Å². The highest BCUT2D eigenvalue weighted by atomic mass is 35.5. The maximum absolute atomic E-state index is 14.0. The highest BCUT2D eigenvalue weighted by Crippen LogP contribution is 2.51. The van der Waals surface area contributed by atoms with Crippen molar-refractivity contribution in [3.63, 3.8) is 0 Å². The first-order valence-electron chi connectivity index (χ1n) is 6.82. The lowest BCUT2D eigenvalue weighted by Crippen LogP contribution is -2.52. The summed E-state index contributed by atoms with van der Waals surface area (Å²) in [5, 5.41) is 9.46. The lowest BCUT2D eigenvalue weighted by atomic mass is 9.82. The molecule has 0 radical (unpaired) electrons. The van der Waals surface area contributed by atoms with Crippen LogP contribution in [0.2, 0.25) is 5.02 Å². The van der Waals surface area contributed by atoms with Gasteiger partial charge in [0.2, 0.25) is 0 Å². The molecule has 0 amide bonds. The van der Waals surface area contributed by atoms with Crippen molar-refractivity contribution in [3.8, 4) is 5.75 Å². The minimum Gasteiger partial charge on any atom is -0.478 e. The summed E-state index contributed by atoms with van der Waals surface area (Å²) in [6.45, 7) is 0. The van der Waals surface area contributed by atoms with E-state index in [1.165, 1.54) is 30.3 Å². The second kappa shape index (κ2) is 5.56. The number of rotatable bonds is 2. The van der Waals surface area contributed by atoms with E-state index in [-0.39, 0.29) is 16.3 Å². The number of hydrogen-bond donors (Lipinski definition) is 1. The van der Waals surface area contributed by atoms with Crippen molar-refractivity contribution in [2.45, 2.75) is 11.8 Å². The molecule has 3 nitrogen and oxygen atoms in total.